The SMILES string of the molecule is CC1(C)C=Cc2cc(CO)[nH]c2C=C1. The Balaban J connectivity index is 2.44. The summed E-state index contributed by atoms with van der Waals surface area (Å²) in [5, 5.41) is 8.98. The molecule has 0 radical (unpaired) electrons. The quantitative estimate of drug-likeness (QED) is 0.699. The molecule has 0 saturated heterocycles. The van der Waals surface area contributed by atoms with E-state index in [1.54, 1.807) is 0 Å². The van der Waals surface area contributed by atoms with Crippen LogP contribution < -0.4 is 0 Å². The maximum atomic E-state index is 8.98. The van der Waals surface area contributed by atoms with E-state index in [9.17, 15) is 0 Å². The number of allylic oxidation sites excluding steroid dienone is 2. The zero-order valence-corrected chi connectivity index (χ0v) is 8.54. The molecule has 0 amide bonds. The van der Waals surface area contributed by atoms with Crippen molar-refractivity contribution in [2.24, 2.45) is 5.41 Å². The highest BCUT2D eigenvalue weighted by atomic mass is 16.3. The molecular formula is C12H15NO. The number of aromatic amines is 1. The van der Waals surface area contributed by atoms with Crippen LogP contribution in [0.5, 0.6) is 0 Å². The standard InChI is InChI=1S/C12H15NO/c1-12(2)5-3-9-7-10(8-14)13-11(9)4-6-12/h3-7,13-14H,8H2,1-2H3. The summed E-state index contributed by atoms with van der Waals surface area (Å²) in [5.41, 5.74) is 3.20. The predicted octanol–water partition coefficient (Wildman–Crippen LogP) is 2.57. The highest BCUT2D eigenvalue weighted by Gasteiger charge is 2.13. The van der Waals surface area contributed by atoms with Crippen molar-refractivity contribution >= 4 is 12.2 Å². The zero-order chi connectivity index (χ0) is 10.2. The minimum atomic E-state index is 0.0675. The van der Waals surface area contributed by atoms with Gasteiger partial charge in [0, 0.05) is 16.8 Å². The van der Waals surface area contributed by atoms with Gasteiger partial charge in [0.15, 0.2) is 0 Å². The summed E-state index contributed by atoms with van der Waals surface area (Å²) < 4.78 is 0. The molecule has 1 aromatic heterocycles. The third-order valence-electron chi connectivity index (χ3n) is 2.48. The van der Waals surface area contributed by atoms with Crippen LogP contribution in [0.3, 0.4) is 0 Å². The topological polar surface area (TPSA) is 36.0 Å². The molecule has 14 heavy (non-hydrogen) atoms. The van der Waals surface area contributed by atoms with Crippen LogP contribution in [0.4, 0.5) is 0 Å². The second-order valence-electron chi connectivity index (χ2n) is 4.31. The van der Waals surface area contributed by atoms with Crippen LogP contribution in [-0.4, -0.2) is 10.1 Å². The lowest BCUT2D eigenvalue weighted by molar-refractivity contribution is 0.277. The Bertz CT molecular complexity index is 363. The number of rotatable bonds is 1. The van der Waals surface area contributed by atoms with Crippen molar-refractivity contribution < 1.29 is 5.11 Å². The van der Waals surface area contributed by atoms with Crippen LogP contribution in [-0.2, 0) is 6.61 Å². The van der Waals surface area contributed by atoms with Gasteiger partial charge in [0.05, 0.1) is 6.61 Å². The van der Waals surface area contributed by atoms with E-state index in [0.717, 1.165) is 17.0 Å². The van der Waals surface area contributed by atoms with Crippen molar-refractivity contribution in [1.29, 1.82) is 0 Å². The Hall–Kier alpha value is -1.28. The molecule has 74 valence electrons. The van der Waals surface area contributed by atoms with Crippen molar-refractivity contribution in [3.05, 3.63) is 35.2 Å². The highest BCUT2D eigenvalue weighted by Crippen LogP contribution is 2.27. The van der Waals surface area contributed by atoms with E-state index in [-0.39, 0.29) is 12.0 Å². The second kappa shape index (κ2) is 3.14. The Morgan fingerprint density at radius 1 is 1.29 bits per heavy atom. The first-order valence-electron chi connectivity index (χ1n) is 4.82. The first-order valence-corrected chi connectivity index (χ1v) is 4.82. The van der Waals surface area contributed by atoms with E-state index >= 15 is 0 Å². The number of aliphatic hydroxyl groups excluding tert-OH is 1. The number of aliphatic hydroxyl groups is 1. The van der Waals surface area contributed by atoms with Gasteiger partial charge < -0.3 is 10.1 Å². The van der Waals surface area contributed by atoms with Gasteiger partial charge in [0.1, 0.15) is 0 Å². The van der Waals surface area contributed by atoms with Gasteiger partial charge in [-0.3, -0.25) is 0 Å². The Morgan fingerprint density at radius 3 is 2.71 bits per heavy atom. The lowest BCUT2D eigenvalue weighted by Crippen LogP contribution is -2.00. The minimum Gasteiger partial charge on any atom is -0.390 e. The summed E-state index contributed by atoms with van der Waals surface area (Å²) in [7, 11) is 0. The summed E-state index contributed by atoms with van der Waals surface area (Å²) in [6, 6.07) is 1.98. The minimum absolute atomic E-state index is 0.0675. The van der Waals surface area contributed by atoms with Crippen molar-refractivity contribution in [2.75, 3.05) is 0 Å². The van der Waals surface area contributed by atoms with Crippen LogP contribution in [0, 0.1) is 5.41 Å². The number of nitrogens with one attached hydrogen (secondary N) is 1. The molecule has 0 unspecified atom stereocenters. The number of hydrogen-bond donors (Lipinski definition) is 2. The lowest BCUT2D eigenvalue weighted by atomic mass is 9.93. The number of fused-ring (bicyclic) bond motifs is 1. The number of H-pyrrole nitrogens is 1. The zero-order valence-electron chi connectivity index (χ0n) is 8.54. The number of aromatic nitrogens is 1. The maximum Gasteiger partial charge on any atom is 0.0831 e. The molecule has 0 bridgehead atoms. The molecule has 1 heterocycles. The predicted molar refractivity (Wildman–Crippen MR) is 58.6 cm³/mol. The summed E-state index contributed by atoms with van der Waals surface area (Å²) in [6.45, 7) is 4.40. The second-order valence-corrected chi connectivity index (χ2v) is 4.31. The molecule has 1 aliphatic carbocycles. The molecule has 0 saturated carbocycles. The van der Waals surface area contributed by atoms with E-state index in [4.69, 9.17) is 5.11 Å². The molecule has 0 aliphatic heterocycles. The average molecular weight is 189 g/mol. The molecular weight excluding hydrogens is 174 g/mol. The van der Waals surface area contributed by atoms with Crippen molar-refractivity contribution in [3.63, 3.8) is 0 Å². The summed E-state index contributed by atoms with van der Waals surface area (Å²) >= 11 is 0. The smallest absolute Gasteiger partial charge is 0.0831 e. The molecule has 1 aliphatic rings. The van der Waals surface area contributed by atoms with Crippen LogP contribution in [0.2, 0.25) is 0 Å². The van der Waals surface area contributed by atoms with Crippen LogP contribution >= 0.6 is 0 Å². The Kier molecular flexibility index (Phi) is 2.08. The van der Waals surface area contributed by atoms with Crippen LogP contribution in [0.25, 0.3) is 12.2 Å². The molecule has 1 aromatic rings. The number of hydrogen-bond acceptors (Lipinski definition) is 1. The van der Waals surface area contributed by atoms with Crippen molar-refractivity contribution in [3.8, 4) is 0 Å². The molecule has 2 rings (SSSR count). The first-order chi connectivity index (χ1) is 6.61. The third-order valence-corrected chi connectivity index (χ3v) is 2.48. The van der Waals surface area contributed by atoms with E-state index < -0.39 is 0 Å². The monoisotopic (exact) mass is 189 g/mol. The maximum absolute atomic E-state index is 8.98. The fourth-order valence-electron chi connectivity index (χ4n) is 1.57. The summed E-state index contributed by atoms with van der Waals surface area (Å²) in [5.74, 6) is 0. The van der Waals surface area contributed by atoms with Gasteiger partial charge in [0.2, 0.25) is 0 Å². The van der Waals surface area contributed by atoms with Gasteiger partial charge >= 0.3 is 0 Å². The Labute approximate surface area is 84.0 Å². The van der Waals surface area contributed by atoms with E-state index in [2.05, 4.69) is 43.1 Å². The molecule has 0 fully saturated rings. The van der Waals surface area contributed by atoms with Crippen LogP contribution in [0.1, 0.15) is 30.8 Å². The largest absolute Gasteiger partial charge is 0.390 e. The van der Waals surface area contributed by atoms with E-state index in [0.29, 0.717) is 0 Å². The molecule has 0 atom stereocenters. The van der Waals surface area contributed by atoms with E-state index in [1.807, 2.05) is 6.07 Å². The normalized spacial score (nSPS) is 17.9. The Morgan fingerprint density at radius 2 is 2.00 bits per heavy atom. The lowest BCUT2D eigenvalue weighted by Gasteiger charge is -2.12. The summed E-state index contributed by atoms with van der Waals surface area (Å²) in [6.07, 6.45) is 8.51. The first kappa shape index (κ1) is 9.28. The fourth-order valence-corrected chi connectivity index (χ4v) is 1.57. The molecule has 2 heteroatoms. The van der Waals surface area contributed by atoms with Crippen LogP contribution in [0.15, 0.2) is 18.2 Å². The van der Waals surface area contributed by atoms with Crippen molar-refractivity contribution in [2.45, 2.75) is 20.5 Å². The molecule has 0 aromatic carbocycles. The van der Waals surface area contributed by atoms with Gasteiger partial charge in [-0.25, -0.2) is 0 Å². The van der Waals surface area contributed by atoms with Gasteiger partial charge in [-0.05, 0) is 17.7 Å². The summed E-state index contributed by atoms with van der Waals surface area (Å²) in [4.78, 5) is 3.17. The average Bonchev–Trinajstić information content (AvgIpc) is 2.49. The molecule has 0 spiro atoms. The fraction of sp³-hybridized carbons (Fsp3) is 0.333. The van der Waals surface area contributed by atoms with Crippen molar-refractivity contribution in [1.82, 2.24) is 4.98 Å². The van der Waals surface area contributed by atoms with Gasteiger partial charge in [-0.1, -0.05) is 32.1 Å². The molecule has 2 N–H and O–H groups in total. The molecule has 2 nitrogen and oxygen atoms in total. The highest BCUT2D eigenvalue weighted by molar-refractivity contribution is 5.67. The van der Waals surface area contributed by atoms with E-state index in [1.165, 1.54) is 0 Å². The third kappa shape index (κ3) is 1.66. The van der Waals surface area contributed by atoms with Gasteiger partial charge in [-0.2, -0.15) is 0 Å². The van der Waals surface area contributed by atoms with Gasteiger partial charge in [0.25, 0.3) is 0 Å². The van der Waals surface area contributed by atoms with Gasteiger partial charge in [-0.15, -0.1) is 0 Å².